The van der Waals surface area contributed by atoms with Gasteiger partial charge in [0.1, 0.15) is 0 Å². The summed E-state index contributed by atoms with van der Waals surface area (Å²) in [6.45, 7) is 4.76. The van der Waals surface area contributed by atoms with E-state index in [-0.39, 0.29) is 11.9 Å². The minimum absolute atomic E-state index is 0.192. The molecule has 5 nitrogen and oxygen atoms in total. The highest BCUT2D eigenvalue weighted by molar-refractivity contribution is 7.17. The zero-order valence-electron chi connectivity index (χ0n) is 11.9. The molecule has 0 radical (unpaired) electrons. The van der Waals surface area contributed by atoms with Crippen LogP contribution in [0, 0.1) is 0 Å². The number of aromatic nitrogens is 2. The molecular formula is C14H17ClN4OS. The van der Waals surface area contributed by atoms with Crippen LogP contribution in [0.5, 0.6) is 0 Å². The van der Waals surface area contributed by atoms with E-state index in [1.165, 1.54) is 11.3 Å². The Morgan fingerprint density at radius 2 is 2.14 bits per heavy atom. The normalized spacial score (nSPS) is 12.0. The Morgan fingerprint density at radius 1 is 1.38 bits per heavy atom. The van der Waals surface area contributed by atoms with Gasteiger partial charge < -0.3 is 10.6 Å². The fourth-order valence-electron chi connectivity index (χ4n) is 1.78. The number of hydrogen-bond donors (Lipinski definition) is 2. The summed E-state index contributed by atoms with van der Waals surface area (Å²) in [5.41, 5.74) is 0.876. The van der Waals surface area contributed by atoms with E-state index in [2.05, 4.69) is 27.8 Å². The van der Waals surface area contributed by atoms with Gasteiger partial charge in [-0.25, -0.2) is 0 Å². The van der Waals surface area contributed by atoms with Crippen LogP contribution in [-0.4, -0.2) is 22.6 Å². The van der Waals surface area contributed by atoms with Gasteiger partial charge in [0, 0.05) is 11.6 Å². The molecule has 1 atom stereocenters. The molecule has 2 N–H and O–H groups in total. The zero-order chi connectivity index (χ0) is 15.2. The minimum Gasteiger partial charge on any atom is -0.360 e. The molecule has 0 aliphatic rings. The number of carbonyl (C=O) groups is 1. The van der Waals surface area contributed by atoms with Gasteiger partial charge in [0.25, 0.3) is 5.91 Å². The van der Waals surface area contributed by atoms with Gasteiger partial charge in [-0.1, -0.05) is 48.1 Å². The highest BCUT2D eigenvalue weighted by Crippen LogP contribution is 2.23. The molecule has 1 aromatic heterocycles. The lowest BCUT2D eigenvalue weighted by atomic mass is 10.1. The maximum atomic E-state index is 12.2. The summed E-state index contributed by atoms with van der Waals surface area (Å²) in [5, 5.41) is 15.5. The molecule has 0 bridgehead atoms. The van der Waals surface area contributed by atoms with Crippen molar-refractivity contribution in [3.8, 4) is 0 Å². The number of nitrogens with one attached hydrogen (secondary N) is 2. The van der Waals surface area contributed by atoms with E-state index in [0.29, 0.717) is 15.2 Å². The Balaban J connectivity index is 2.01. The van der Waals surface area contributed by atoms with Crippen LogP contribution in [0.1, 0.15) is 41.7 Å². The molecular weight excluding hydrogens is 308 g/mol. The maximum Gasteiger partial charge on any atom is 0.282 e. The number of carbonyl (C=O) groups excluding carboxylic acids is 1. The second-order valence-electron chi connectivity index (χ2n) is 4.56. The van der Waals surface area contributed by atoms with Crippen molar-refractivity contribution in [2.24, 2.45) is 0 Å². The van der Waals surface area contributed by atoms with E-state index in [0.717, 1.165) is 18.5 Å². The predicted molar refractivity (Wildman–Crippen MR) is 86.0 cm³/mol. The number of benzene rings is 1. The van der Waals surface area contributed by atoms with Crippen LogP contribution in [-0.2, 0) is 0 Å². The third-order valence-electron chi connectivity index (χ3n) is 2.86. The Morgan fingerprint density at radius 3 is 2.86 bits per heavy atom. The number of anilines is 1. The molecule has 0 aliphatic heterocycles. The first-order valence-corrected chi connectivity index (χ1v) is 7.94. The van der Waals surface area contributed by atoms with E-state index in [1.54, 1.807) is 6.07 Å². The van der Waals surface area contributed by atoms with Crippen LogP contribution in [0.25, 0.3) is 0 Å². The standard InChI is InChI=1S/C14H17ClN4OS/c1-3-8-16-14-19-18-13(21-14)12(20)17-9(2)10-6-4-5-7-11(10)15/h4-7,9H,3,8H2,1-2H3,(H,16,19)(H,17,20). The van der Waals surface area contributed by atoms with Crippen molar-refractivity contribution in [1.82, 2.24) is 15.5 Å². The first kappa shape index (κ1) is 15.7. The van der Waals surface area contributed by atoms with Crippen LogP contribution in [0.15, 0.2) is 24.3 Å². The molecule has 0 spiro atoms. The first-order chi connectivity index (χ1) is 10.1. The maximum absolute atomic E-state index is 12.2. The van der Waals surface area contributed by atoms with Crippen molar-refractivity contribution in [3.63, 3.8) is 0 Å². The van der Waals surface area contributed by atoms with E-state index in [1.807, 2.05) is 25.1 Å². The first-order valence-electron chi connectivity index (χ1n) is 6.74. The molecule has 1 unspecified atom stereocenters. The van der Waals surface area contributed by atoms with E-state index in [4.69, 9.17) is 11.6 Å². The highest BCUT2D eigenvalue weighted by Gasteiger charge is 2.17. The molecule has 7 heteroatoms. The van der Waals surface area contributed by atoms with Crippen molar-refractivity contribution in [2.75, 3.05) is 11.9 Å². The largest absolute Gasteiger partial charge is 0.360 e. The topological polar surface area (TPSA) is 66.9 Å². The minimum atomic E-state index is -0.246. The van der Waals surface area contributed by atoms with Gasteiger partial charge in [0.15, 0.2) is 0 Å². The van der Waals surface area contributed by atoms with Crippen LogP contribution in [0.4, 0.5) is 5.13 Å². The monoisotopic (exact) mass is 324 g/mol. The van der Waals surface area contributed by atoms with Gasteiger partial charge in [0.2, 0.25) is 10.1 Å². The third-order valence-corrected chi connectivity index (χ3v) is 4.09. The predicted octanol–water partition coefficient (Wildman–Crippen LogP) is 3.50. The zero-order valence-corrected chi connectivity index (χ0v) is 13.5. The van der Waals surface area contributed by atoms with Crippen molar-refractivity contribution in [2.45, 2.75) is 26.3 Å². The lowest BCUT2D eigenvalue weighted by molar-refractivity contribution is 0.0939. The van der Waals surface area contributed by atoms with E-state index in [9.17, 15) is 4.79 Å². The molecule has 1 aromatic carbocycles. The summed E-state index contributed by atoms with van der Waals surface area (Å²) >= 11 is 7.37. The number of hydrogen-bond acceptors (Lipinski definition) is 5. The summed E-state index contributed by atoms with van der Waals surface area (Å²) in [6.07, 6.45) is 0.991. The van der Waals surface area contributed by atoms with E-state index >= 15 is 0 Å². The lowest BCUT2D eigenvalue weighted by Crippen LogP contribution is -2.26. The Bertz CT molecular complexity index is 617. The van der Waals surface area contributed by atoms with Gasteiger partial charge in [-0.15, -0.1) is 10.2 Å². The molecule has 2 aromatic rings. The Labute approximate surface area is 132 Å². The second kappa shape index (κ2) is 7.38. The van der Waals surface area contributed by atoms with Crippen LogP contribution in [0.2, 0.25) is 5.02 Å². The van der Waals surface area contributed by atoms with Crippen LogP contribution in [0.3, 0.4) is 0 Å². The average molecular weight is 325 g/mol. The van der Waals surface area contributed by atoms with Gasteiger partial charge in [0.05, 0.1) is 6.04 Å². The second-order valence-corrected chi connectivity index (χ2v) is 5.94. The fraction of sp³-hybridized carbons (Fsp3) is 0.357. The van der Waals surface area contributed by atoms with Crippen molar-refractivity contribution < 1.29 is 4.79 Å². The third kappa shape index (κ3) is 4.15. The van der Waals surface area contributed by atoms with Crippen LogP contribution < -0.4 is 10.6 Å². The molecule has 2 rings (SSSR count). The Hall–Kier alpha value is -1.66. The van der Waals surface area contributed by atoms with Crippen molar-refractivity contribution in [1.29, 1.82) is 0 Å². The van der Waals surface area contributed by atoms with Crippen molar-refractivity contribution in [3.05, 3.63) is 39.9 Å². The summed E-state index contributed by atoms with van der Waals surface area (Å²) in [4.78, 5) is 12.2. The number of rotatable bonds is 6. The summed E-state index contributed by atoms with van der Waals surface area (Å²) in [7, 11) is 0. The highest BCUT2D eigenvalue weighted by atomic mass is 35.5. The summed E-state index contributed by atoms with van der Waals surface area (Å²) < 4.78 is 0. The van der Waals surface area contributed by atoms with Crippen LogP contribution >= 0.6 is 22.9 Å². The van der Waals surface area contributed by atoms with E-state index < -0.39 is 0 Å². The summed E-state index contributed by atoms with van der Waals surface area (Å²) in [5.74, 6) is -0.246. The molecule has 0 saturated carbocycles. The molecule has 112 valence electrons. The fourth-order valence-corrected chi connectivity index (χ4v) is 2.75. The summed E-state index contributed by atoms with van der Waals surface area (Å²) in [6, 6.07) is 7.25. The number of amides is 1. The average Bonchev–Trinajstić information content (AvgIpc) is 2.94. The molecule has 0 aliphatic carbocycles. The van der Waals surface area contributed by atoms with Gasteiger partial charge in [-0.05, 0) is 25.0 Å². The smallest absolute Gasteiger partial charge is 0.282 e. The molecule has 1 heterocycles. The quantitative estimate of drug-likeness (QED) is 0.853. The van der Waals surface area contributed by atoms with Gasteiger partial charge in [-0.2, -0.15) is 0 Å². The van der Waals surface area contributed by atoms with Gasteiger partial charge in [-0.3, -0.25) is 4.79 Å². The molecule has 1 amide bonds. The SMILES string of the molecule is CCCNc1nnc(C(=O)NC(C)c2ccccc2Cl)s1. The molecule has 0 saturated heterocycles. The Kier molecular flexibility index (Phi) is 5.52. The lowest BCUT2D eigenvalue weighted by Gasteiger charge is -2.14. The van der Waals surface area contributed by atoms with Crippen molar-refractivity contribution >= 4 is 34.0 Å². The van der Waals surface area contributed by atoms with Gasteiger partial charge >= 0.3 is 0 Å². The molecule has 0 fully saturated rings. The number of nitrogens with zero attached hydrogens (tertiary/aromatic N) is 2. The number of halogens is 1. The molecule has 21 heavy (non-hydrogen) atoms.